The van der Waals surface area contributed by atoms with Crippen LogP contribution in [-0.4, -0.2) is 34.6 Å². The first-order chi connectivity index (χ1) is 8.77. The fourth-order valence-electron chi connectivity index (χ4n) is 2.43. The Morgan fingerprint density at radius 1 is 1.42 bits per heavy atom. The molecule has 1 amide bonds. The van der Waals surface area contributed by atoms with Crippen molar-refractivity contribution in [1.29, 1.82) is 0 Å². The van der Waals surface area contributed by atoms with E-state index in [-0.39, 0.29) is 11.3 Å². The van der Waals surface area contributed by atoms with E-state index in [0.29, 0.717) is 19.5 Å². The summed E-state index contributed by atoms with van der Waals surface area (Å²) in [6.07, 6.45) is 1.61. The molecule has 4 heteroatoms. The normalized spacial score (nSPS) is 26.5. The Hall–Kier alpha value is -0.870. The number of amides is 1. The minimum Gasteiger partial charge on any atom is -0.389 e. The number of aliphatic hydroxyl groups is 1. The summed E-state index contributed by atoms with van der Waals surface area (Å²) in [6, 6.07) is 3.95. The average Bonchev–Trinajstić information content (AvgIpc) is 2.80. The predicted octanol–water partition coefficient (Wildman–Crippen LogP) is 2.93. The molecule has 1 N–H and O–H groups in total. The number of hydrogen-bond donors (Lipinski definition) is 1. The molecule has 1 fully saturated rings. The number of hydrogen-bond acceptors (Lipinski definition) is 3. The molecule has 1 aliphatic heterocycles. The second-order valence-corrected chi connectivity index (χ2v) is 7.42. The van der Waals surface area contributed by atoms with Crippen LogP contribution in [0.15, 0.2) is 12.1 Å². The van der Waals surface area contributed by atoms with Crippen molar-refractivity contribution in [3.8, 4) is 0 Å². The van der Waals surface area contributed by atoms with Gasteiger partial charge < -0.3 is 10.0 Å². The first-order valence-electron chi connectivity index (χ1n) is 6.87. The van der Waals surface area contributed by atoms with Crippen molar-refractivity contribution >= 4 is 17.2 Å². The highest BCUT2D eigenvalue weighted by atomic mass is 32.1. The van der Waals surface area contributed by atoms with E-state index in [4.69, 9.17) is 0 Å². The van der Waals surface area contributed by atoms with Gasteiger partial charge in [0.15, 0.2) is 0 Å². The topological polar surface area (TPSA) is 40.5 Å². The lowest BCUT2D eigenvalue weighted by Crippen LogP contribution is -2.56. The fraction of sp³-hybridized carbons (Fsp3) is 0.667. The third-order valence-corrected chi connectivity index (χ3v) is 5.64. The van der Waals surface area contributed by atoms with E-state index in [1.54, 1.807) is 11.3 Å². The van der Waals surface area contributed by atoms with Crippen LogP contribution in [0.2, 0.25) is 0 Å². The minimum absolute atomic E-state index is 0.105. The van der Waals surface area contributed by atoms with Crippen molar-refractivity contribution in [2.75, 3.05) is 13.1 Å². The Kier molecular flexibility index (Phi) is 3.76. The van der Waals surface area contributed by atoms with Crippen molar-refractivity contribution in [2.24, 2.45) is 5.41 Å². The molecule has 1 aromatic heterocycles. The summed E-state index contributed by atoms with van der Waals surface area (Å²) in [5.74, 6) is 0.105. The smallest absolute Gasteiger partial charge is 0.263 e. The molecule has 2 heterocycles. The van der Waals surface area contributed by atoms with Gasteiger partial charge in [0.05, 0.1) is 10.5 Å². The average molecular weight is 281 g/mol. The standard InChI is InChI=1S/C15H23NO2S/c1-5-11-6-7-12(19-11)13(17)16-9-8-15(4,18)14(2,3)10-16/h6-7,18H,5,8-10H2,1-4H3/t15-/m1/s1. The summed E-state index contributed by atoms with van der Waals surface area (Å²) in [7, 11) is 0. The summed E-state index contributed by atoms with van der Waals surface area (Å²) in [5, 5.41) is 10.4. The van der Waals surface area contributed by atoms with Gasteiger partial charge in [-0.15, -0.1) is 11.3 Å². The molecule has 1 aliphatic rings. The molecular formula is C15H23NO2S. The maximum Gasteiger partial charge on any atom is 0.263 e. The van der Waals surface area contributed by atoms with E-state index in [9.17, 15) is 9.90 Å². The Morgan fingerprint density at radius 3 is 2.63 bits per heavy atom. The zero-order chi connectivity index (χ0) is 14.3. The lowest BCUT2D eigenvalue weighted by molar-refractivity contribution is -0.0970. The van der Waals surface area contributed by atoms with Gasteiger partial charge in [-0.05, 0) is 31.9 Å². The van der Waals surface area contributed by atoms with Crippen LogP contribution in [0.4, 0.5) is 0 Å². The SMILES string of the molecule is CCc1ccc(C(=O)N2CC[C@@](C)(O)C(C)(C)C2)s1. The van der Waals surface area contributed by atoms with Gasteiger partial charge in [0.25, 0.3) is 5.91 Å². The fourth-order valence-corrected chi connectivity index (χ4v) is 3.35. The van der Waals surface area contributed by atoms with Crippen LogP contribution in [-0.2, 0) is 6.42 Å². The number of nitrogens with zero attached hydrogens (tertiary/aromatic N) is 1. The molecular weight excluding hydrogens is 258 g/mol. The van der Waals surface area contributed by atoms with Gasteiger partial charge in [-0.2, -0.15) is 0 Å². The Morgan fingerprint density at radius 2 is 2.11 bits per heavy atom. The second-order valence-electron chi connectivity index (χ2n) is 6.25. The zero-order valence-corrected chi connectivity index (χ0v) is 13.0. The Labute approximate surface area is 119 Å². The quantitative estimate of drug-likeness (QED) is 0.905. The Bertz CT molecular complexity index is 476. The van der Waals surface area contributed by atoms with Crippen LogP contribution < -0.4 is 0 Å². The highest BCUT2D eigenvalue weighted by Crippen LogP contribution is 2.38. The molecule has 2 rings (SSSR count). The van der Waals surface area contributed by atoms with Gasteiger partial charge in [-0.25, -0.2) is 0 Å². The van der Waals surface area contributed by atoms with E-state index in [1.807, 2.05) is 37.8 Å². The van der Waals surface area contributed by atoms with Crippen molar-refractivity contribution in [2.45, 2.75) is 46.1 Å². The molecule has 106 valence electrons. The summed E-state index contributed by atoms with van der Waals surface area (Å²) in [6.45, 7) is 9.26. The molecule has 1 aromatic rings. The molecule has 1 atom stereocenters. The number of rotatable bonds is 2. The number of carbonyl (C=O) groups excluding carboxylic acids is 1. The molecule has 19 heavy (non-hydrogen) atoms. The number of thiophene rings is 1. The van der Waals surface area contributed by atoms with Gasteiger partial charge in [0.2, 0.25) is 0 Å². The third-order valence-electron chi connectivity index (χ3n) is 4.42. The maximum atomic E-state index is 12.5. The van der Waals surface area contributed by atoms with Crippen molar-refractivity contribution in [1.82, 2.24) is 4.90 Å². The molecule has 0 spiro atoms. The Balaban J connectivity index is 2.13. The van der Waals surface area contributed by atoms with Gasteiger partial charge >= 0.3 is 0 Å². The molecule has 1 saturated heterocycles. The van der Waals surface area contributed by atoms with Gasteiger partial charge in [-0.3, -0.25) is 4.79 Å². The van der Waals surface area contributed by atoms with Crippen molar-refractivity contribution < 1.29 is 9.90 Å². The first-order valence-corrected chi connectivity index (χ1v) is 7.69. The van der Waals surface area contributed by atoms with E-state index in [0.717, 1.165) is 11.3 Å². The molecule has 0 bridgehead atoms. The van der Waals surface area contributed by atoms with E-state index in [2.05, 4.69) is 6.92 Å². The van der Waals surface area contributed by atoms with Crippen LogP contribution in [0, 0.1) is 5.41 Å². The lowest BCUT2D eigenvalue weighted by Gasteiger charge is -2.48. The minimum atomic E-state index is -0.701. The van der Waals surface area contributed by atoms with Gasteiger partial charge in [-0.1, -0.05) is 20.8 Å². The predicted molar refractivity (Wildman–Crippen MR) is 78.6 cm³/mol. The number of aryl methyl sites for hydroxylation is 1. The summed E-state index contributed by atoms with van der Waals surface area (Å²) in [4.78, 5) is 16.4. The molecule has 0 aromatic carbocycles. The van der Waals surface area contributed by atoms with E-state index in [1.165, 1.54) is 4.88 Å². The van der Waals surface area contributed by atoms with Crippen LogP contribution in [0.5, 0.6) is 0 Å². The number of carbonyl (C=O) groups is 1. The van der Waals surface area contributed by atoms with Crippen LogP contribution in [0.3, 0.4) is 0 Å². The second kappa shape index (κ2) is 4.91. The van der Waals surface area contributed by atoms with Gasteiger partial charge in [0.1, 0.15) is 0 Å². The maximum absolute atomic E-state index is 12.5. The van der Waals surface area contributed by atoms with Crippen LogP contribution in [0.1, 0.15) is 48.7 Å². The first kappa shape index (κ1) is 14.5. The monoisotopic (exact) mass is 281 g/mol. The van der Waals surface area contributed by atoms with Crippen LogP contribution in [0.25, 0.3) is 0 Å². The highest BCUT2D eigenvalue weighted by molar-refractivity contribution is 7.14. The molecule has 0 aliphatic carbocycles. The summed E-state index contributed by atoms with van der Waals surface area (Å²) < 4.78 is 0. The van der Waals surface area contributed by atoms with Crippen molar-refractivity contribution in [3.63, 3.8) is 0 Å². The van der Waals surface area contributed by atoms with Crippen LogP contribution >= 0.6 is 11.3 Å². The van der Waals surface area contributed by atoms with Crippen molar-refractivity contribution in [3.05, 3.63) is 21.9 Å². The third kappa shape index (κ3) is 2.70. The highest BCUT2D eigenvalue weighted by Gasteiger charge is 2.45. The summed E-state index contributed by atoms with van der Waals surface area (Å²) in [5.41, 5.74) is -0.973. The number of piperidine rings is 1. The molecule has 0 radical (unpaired) electrons. The number of likely N-dealkylation sites (tertiary alicyclic amines) is 1. The molecule has 0 unspecified atom stereocenters. The summed E-state index contributed by atoms with van der Waals surface area (Å²) >= 11 is 1.58. The molecule has 3 nitrogen and oxygen atoms in total. The van der Waals surface area contributed by atoms with Gasteiger partial charge in [0, 0.05) is 23.4 Å². The largest absolute Gasteiger partial charge is 0.389 e. The zero-order valence-electron chi connectivity index (χ0n) is 12.2. The van der Waals surface area contributed by atoms with E-state index >= 15 is 0 Å². The lowest BCUT2D eigenvalue weighted by atomic mass is 9.71. The van der Waals surface area contributed by atoms with E-state index < -0.39 is 5.60 Å². The molecule has 0 saturated carbocycles.